The highest BCUT2D eigenvalue weighted by Gasteiger charge is 1.95. The van der Waals surface area contributed by atoms with Crippen molar-refractivity contribution in [1.29, 1.82) is 0 Å². The minimum absolute atomic E-state index is 0.585. The van der Waals surface area contributed by atoms with Crippen molar-refractivity contribution in [2.75, 3.05) is 5.43 Å². The SMILES string of the molecule is Cc1ccc(NN=Nc2ccccc2Cl)cc1. The van der Waals surface area contributed by atoms with Crippen LogP contribution in [0.15, 0.2) is 58.9 Å². The normalized spacial score (nSPS) is 10.7. The Bertz CT molecular complexity index is 520. The predicted octanol–water partition coefficient (Wildman–Crippen LogP) is 4.76. The van der Waals surface area contributed by atoms with Crippen LogP contribution in [0.5, 0.6) is 0 Å². The molecule has 0 amide bonds. The summed E-state index contributed by atoms with van der Waals surface area (Å²) in [5.74, 6) is 0. The molecule has 86 valence electrons. The summed E-state index contributed by atoms with van der Waals surface area (Å²) in [6.07, 6.45) is 0. The van der Waals surface area contributed by atoms with Crippen LogP contribution in [-0.2, 0) is 0 Å². The Morgan fingerprint density at radius 2 is 1.71 bits per heavy atom. The van der Waals surface area contributed by atoms with E-state index < -0.39 is 0 Å². The van der Waals surface area contributed by atoms with Crippen molar-refractivity contribution in [1.82, 2.24) is 0 Å². The van der Waals surface area contributed by atoms with Gasteiger partial charge in [0.15, 0.2) is 0 Å². The van der Waals surface area contributed by atoms with E-state index in [1.54, 1.807) is 6.07 Å². The lowest BCUT2D eigenvalue weighted by Gasteiger charge is -1.99. The number of nitrogens with one attached hydrogen (secondary N) is 1. The van der Waals surface area contributed by atoms with Crippen molar-refractivity contribution < 1.29 is 0 Å². The third-order valence-electron chi connectivity index (χ3n) is 2.24. The summed E-state index contributed by atoms with van der Waals surface area (Å²) < 4.78 is 0. The van der Waals surface area contributed by atoms with Crippen molar-refractivity contribution in [3.63, 3.8) is 0 Å². The molecule has 0 spiro atoms. The molecule has 2 rings (SSSR count). The maximum absolute atomic E-state index is 5.95. The topological polar surface area (TPSA) is 36.8 Å². The number of halogens is 1. The van der Waals surface area contributed by atoms with Gasteiger partial charge in [-0.2, -0.15) is 0 Å². The first-order valence-corrected chi connectivity index (χ1v) is 5.61. The first-order chi connectivity index (χ1) is 8.25. The number of aryl methyl sites for hydroxylation is 1. The second kappa shape index (κ2) is 5.46. The van der Waals surface area contributed by atoms with E-state index in [-0.39, 0.29) is 0 Å². The van der Waals surface area contributed by atoms with Crippen LogP contribution in [0.2, 0.25) is 5.02 Å². The van der Waals surface area contributed by atoms with Gasteiger partial charge in [-0.1, -0.05) is 46.7 Å². The van der Waals surface area contributed by atoms with Crippen molar-refractivity contribution >= 4 is 23.0 Å². The molecular weight excluding hydrogens is 234 g/mol. The highest BCUT2D eigenvalue weighted by molar-refractivity contribution is 6.32. The molecule has 0 fully saturated rings. The molecule has 4 heteroatoms. The largest absolute Gasteiger partial charge is 0.260 e. The van der Waals surface area contributed by atoms with Gasteiger partial charge in [0.05, 0.1) is 10.7 Å². The lowest BCUT2D eigenvalue weighted by atomic mass is 10.2. The summed E-state index contributed by atoms with van der Waals surface area (Å²) in [5, 5.41) is 8.48. The van der Waals surface area contributed by atoms with E-state index >= 15 is 0 Å². The standard InChI is InChI=1S/C13H12ClN3/c1-10-6-8-11(9-7-10)15-17-16-13-5-3-2-4-12(13)14/h2-9H,1H3,(H,15,16). The van der Waals surface area contributed by atoms with E-state index in [0.29, 0.717) is 10.7 Å². The molecular formula is C13H12ClN3. The molecule has 0 aliphatic rings. The Balaban J connectivity index is 2.03. The smallest absolute Gasteiger partial charge is 0.106 e. The third-order valence-corrected chi connectivity index (χ3v) is 2.56. The fraction of sp³-hybridized carbons (Fsp3) is 0.0769. The maximum atomic E-state index is 5.95. The van der Waals surface area contributed by atoms with E-state index in [1.807, 2.05) is 49.4 Å². The molecule has 0 unspecified atom stereocenters. The molecule has 1 N–H and O–H groups in total. The van der Waals surface area contributed by atoms with Crippen LogP contribution < -0.4 is 5.43 Å². The predicted molar refractivity (Wildman–Crippen MR) is 70.8 cm³/mol. The molecule has 17 heavy (non-hydrogen) atoms. The monoisotopic (exact) mass is 245 g/mol. The van der Waals surface area contributed by atoms with Gasteiger partial charge in [0.1, 0.15) is 5.69 Å². The molecule has 0 heterocycles. The minimum atomic E-state index is 0.585. The average Bonchev–Trinajstić information content (AvgIpc) is 2.34. The summed E-state index contributed by atoms with van der Waals surface area (Å²) in [5.41, 5.74) is 5.60. The van der Waals surface area contributed by atoms with Crippen molar-refractivity contribution in [3.05, 3.63) is 59.1 Å². The van der Waals surface area contributed by atoms with Gasteiger partial charge in [0.2, 0.25) is 0 Å². The van der Waals surface area contributed by atoms with Crippen molar-refractivity contribution in [3.8, 4) is 0 Å². The Labute approximate surface area is 105 Å². The van der Waals surface area contributed by atoms with Gasteiger partial charge < -0.3 is 0 Å². The van der Waals surface area contributed by atoms with Gasteiger partial charge in [0, 0.05) is 0 Å². The number of anilines is 1. The third kappa shape index (κ3) is 3.29. The van der Waals surface area contributed by atoms with E-state index in [1.165, 1.54) is 5.56 Å². The van der Waals surface area contributed by atoms with Gasteiger partial charge >= 0.3 is 0 Å². The average molecular weight is 246 g/mol. The number of nitrogens with zero attached hydrogens (tertiary/aromatic N) is 2. The molecule has 0 saturated heterocycles. The lowest BCUT2D eigenvalue weighted by molar-refractivity contribution is 1.13. The Morgan fingerprint density at radius 1 is 1.00 bits per heavy atom. The van der Waals surface area contributed by atoms with Gasteiger partial charge in [-0.3, -0.25) is 5.43 Å². The van der Waals surface area contributed by atoms with Gasteiger partial charge in [-0.25, -0.2) is 0 Å². The molecule has 0 atom stereocenters. The molecule has 0 aromatic heterocycles. The van der Waals surface area contributed by atoms with Crippen LogP contribution in [0.25, 0.3) is 0 Å². The molecule has 0 saturated carbocycles. The Hall–Kier alpha value is -1.87. The molecule has 0 aliphatic heterocycles. The Morgan fingerprint density at radius 3 is 2.41 bits per heavy atom. The fourth-order valence-corrected chi connectivity index (χ4v) is 1.47. The number of hydrogen-bond donors (Lipinski definition) is 1. The Kier molecular flexibility index (Phi) is 3.73. The first kappa shape index (κ1) is 11.6. The molecule has 0 aliphatic carbocycles. The van der Waals surface area contributed by atoms with Crippen LogP contribution in [0.3, 0.4) is 0 Å². The quantitative estimate of drug-likeness (QED) is 0.614. The molecule has 0 radical (unpaired) electrons. The maximum Gasteiger partial charge on any atom is 0.106 e. The number of rotatable bonds is 3. The zero-order chi connectivity index (χ0) is 12.1. The molecule has 3 nitrogen and oxygen atoms in total. The van der Waals surface area contributed by atoms with Crippen LogP contribution in [-0.4, -0.2) is 0 Å². The molecule has 0 bridgehead atoms. The van der Waals surface area contributed by atoms with E-state index in [4.69, 9.17) is 11.6 Å². The number of benzene rings is 2. The summed E-state index contributed by atoms with van der Waals surface area (Å²) in [6, 6.07) is 15.2. The summed E-state index contributed by atoms with van der Waals surface area (Å²) in [7, 11) is 0. The summed E-state index contributed by atoms with van der Waals surface area (Å²) >= 11 is 5.95. The molecule has 2 aromatic carbocycles. The van der Waals surface area contributed by atoms with Crippen molar-refractivity contribution in [2.45, 2.75) is 6.92 Å². The second-order valence-electron chi connectivity index (χ2n) is 3.63. The van der Waals surface area contributed by atoms with E-state index in [0.717, 1.165) is 5.69 Å². The number of hydrogen-bond acceptors (Lipinski definition) is 2. The summed E-state index contributed by atoms with van der Waals surface area (Å²) in [6.45, 7) is 2.04. The molecule has 2 aromatic rings. The van der Waals surface area contributed by atoms with Gasteiger partial charge in [-0.15, -0.1) is 5.11 Å². The highest BCUT2D eigenvalue weighted by Crippen LogP contribution is 2.23. The summed E-state index contributed by atoms with van der Waals surface area (Å²) in [4.78, 5) is 0. The van der Waals surface area contributed by atoms with Crippen LogP contribution >= 0.6 is 11.6 Å². The van der Waals surface area contributed by atoms with Gasteiger partial charge in [-0.05, 0) is 31.2 Å². The second-order valence-corrected chi connectivity index (χ2v) is 4.04. The zero-order valence-electron chi connectivity index (χ0n) is 9.39. The lowest BCUT2D eigenvalue weighted by Crippen LogP contribution is -1.85. The highest BCUT2D eigenvalue weighted by atomic mass is 35.5. The van der Waals surface area contributed by atoms with E-state index in [2.05, 4.69) is 15.8 Å². The van der Waals surface area contributed by atoms with Crippen LogP contribution in [0.1, 0.15) is 5.56 Å². The minimum Gasteiger partial charge on any atom is -0.260 e. The fourth-order valence-electron chi connectivity index (χ4n) is 1.30. The zero-order valence-corrected chi connectivity index (χ0v) is 10.1. The van der Waals surface area contributed by atoms with Gasteiger partial charge in [0.25, 0.3) is 0 Å². The first-order valence-electron chi connectivity index (χ1n) is 5.23. The van der Waals surface area contributed by atoms with E-state index in [9.17, 15) is 0 Å². The van der Waals surface area contributed by atoms with Crippen LogP contribution in [0, 0.1) is 6.92 Å². The van der Waals surface area contributed by atoms with Crippen LogP contribution in [0.4, 0.5) is 11.4 Å². The van der Waals surface area contributed by atoms with Crippen molar-refractivity contribution in [2.24, 2.45) is 10.3 Å².